The van der Waals surface area contributed by atoms with Crippen LogP contribution in [0.15, 0.2) is 57.2 Å². The van der Waals surface area contributed by atoms with Crippen LogP contribution in [0.5, 0.6) is 0 Å². The molecule has 0 heterocycles. The largest absolute Gasteiger partial charge is 0.465 e. The van der Waals surface area contributed by atoms with Gasteiger partial charge in [0.25, 0.3) is 36.3 Å². The van der Waals surface area contributed by atoms with Crippen molar-refractivity contribution in [2.24, 2.45) is 0 Å². The Kier molecular flexibility index (Phi) is 6.83. The molecule has 192 valence electrons. The molecule has 0 unspecified atom stereocenters. The number of nitrogens with two attached hydrogens (primary N) is 1. The van der Waals surface area contributed by atoms with Crippen molar-refractivity contribution in [2.45, 2.75) is 14.7 Å². The topological polar surface area (TPSA) is 245 Å². The van der Waals surface area contributed by atoms with Gasteiger partial charge < -0.3 is 15.8 Å². The molecule has 17 heteroatoms. The number of rotatable bonds is 6. The molecule has 0 atom stereocenters. The molecular weight excluding hydrogens is 544 g/mol. The first-order valence-corrected chi connectivity index (χ1v) is 13.6. The number of amides is 1. The van der Waals surface area contributed by atoms with E-state index in [4.69, 9.17) is 5.73 Å². The highest BCUT2D eigenvalue weighted by molar-refractivity contribution is 7.87. The van der Waals surface area contributed by atoms with Crippen molar-refractivity contribution in [1.29, 1.82) is 0 Å². The second-order valence-corrected chi connectivity index (χ2v) is 11.4. The number of anilines is 2. The fourth-order valence-electron chi connectivity index (χ4n) is 3.29. The molecule has 0 aliphatic carbocycles. The molecule has 3 aromatic carbocycles. The summed E-state index contributed by atoms with van der Waals surface area (Å²) in [6.45, 7) is 0. The lowest BCUT2D eigenvalue weighted by Crippen LogP contribution is -2.15. The molecule has 36 heavy (non-hydrogen) atoms. The molecule has 6 N–H and O–H groups in total. The molecule has 3 aromatic rings. The van der Waals surface area contributed by atoms with Crippen molar-refractivity contribution < 1.29 is 53.2 Å². The number of ether oxygens (including phenoxy) is 1. The van der Waals surface area contributed by atoms with Crippen LogP contribution in [0, 0.1) is 0 Å². The summed E-state index contributed by atoms with van der Waals surface area (Å²) in [5, 5.41) is 0.757. The van der Waals surface area contributed by atoms with Gasteiger partial charge in [0, 0.05) is 22.0 Å². The number of benzene rings is 3. The van der Waals surface area contributed by atoms with Crippen molar-refractivity contribution in [2.75, 3.05) is 18.2 Å². The minimum absolute atomic E-state index is 0.0222. The normalized spacial score (nSPS) is 12.3. The van der Waals surface area contributed by atoms with Crippen LogP contribution in [0.4, 0.5) is 11.4 Å². The molecule has 0 radical (unpaired) electrons. The van der Waals surface area contributed by atoms with Crippen molar-refractivity contribution in [1.82, 2.24) is 0 Å². The van der Waals surface area contributed by atoms with Crippen LogP contribution in [-0.2, 0) is 35.1 Å². The quantitative estimate of drug-likeness (QED) is 0.162. The van der Waals surface area contributed by atoms with Gasteiger partial charge in [-0.25, -0.2) is 4.79 Å². The third-order valence-corrected chi connectivity index (χ3v) is 7.37. The van der Waals surface area contributed by atoms with E-state index in [9.17, 15) is 48.5 Å². The van der Waals surface area contributed by atoms with E-state index in [0.29, 0.717) is 18.2 Å². The van der Waals surface area contributed by atoms with Gasteiger partial charge in [-0.2, -0.15) is 25.3 Å². The van der Waals surface area contributed by atoms with Crippen LogP contribution in [0.3, 0.4) is 0 Å². The molecule has 14 nitrogen and oxygen atoms in total. The minimum Gasteiger partial charge on any atom is -0.465 e. The van der Waals surface area contributed by atoms with Gasteiger partial charge in [0.05, 0.1) is 23.3 Å². The summed E-state index contributed by atoms with van der Waals surface area (Å²) in [5.41, 5.74) is 4.90. The van der Waals surface area contributed by atoms with Crippen molar-refractivity contribution >= 4 is 64.4 Å². The van der Waals surface area contributed by atoms with Gasteiger partial charge in [0.15, 0.2) is 0 Å². The number of hydrogen-bond donors (Lipinski definition) is 5. The van der Waals surface area contributed by atoms with Gasteiger partial charge in [0.1, 0.15) is 9.79 Å². The molecule has 0 saturated carbocycles. The van der Waals surface area contributed by atoms with Gasteiger partial charge in [-0.15, -0.1) is 0 Å². The first-order valence-electron chi connectivity index (χ1n) is 9.27. The van der Waals surface area contributed by atoms with Crippen molar-refractivity contribution in [3.63, 3.8) is 0 Å². The van der Waals surface area contributed by atoms with Gasteiger partial charge >= 0.3 is 5.97 Å². The summed E-state index contributed by atoms with van der Waals surface area (Å²) in [5.74, 6) is -1.82. The van der Waals surface area contributed by atoms with E-state index in [1.165, 1.54) is 6.07 Å². The third-order valence-electron chi connectivity index (χ3n) is 4.75. The monoisotopic (exact) mass is 560 g/mol. The number of nitrogens with one attached hydrogen (secondary N) is 1. The van der Waals surface area contributed by atoms with Crippen LogP contribution in [0.25, 0.3) is 10.8 Å². The first-order chi connectivity index (χ1) is 16.4. The summed E-state index contributed by atoms with van der Waals surface area (Å²) in [6.07, 6.45) is 0. The Balaban J connectivity index is 2.35. The number of nitrogen functional groups attached to an aromatic ring is 1. The molecule has 1 amide bonds. The van der Waals surface area contributed by atoms with Gasteiger partial charge in [0.2, 0.25) is 0 Å². The SMILES string of the molecule is COC(=O)c1cc(N)cc(C(=O)Nc2ccc(S(=O)(=O)O)c3cc(S(=O)(=O)O)cc(S(=O)(=O)O)c23)c1. The lowest BCUT2D eigenvalue weighted by molar-refractivity contribution is 0.0600. The van der Waals surface area contributed by atoms with Gasteiger partial charge in [-0.1, -0.05) is 0 Å². The number of fused-ring (bicyclic) bond motifs is 1. The lowest BCUT2D eigenvalue weighted by Gasteiger charge is -2.15. The summed E-state index contributed by atoms with van der Waals surface area (Å²) in [7, 11) is -14.5. The summed E-state index contributed by atoms with van der Waals surface area (Å²) in [6, 6.07) is 5.88. The Bertz CT molecular complexity index is 1760. The van der Waals surface area contributed by atoms with Crippen LogP contribution in [0.2, 0.25) is 0 Å². The third kappa shape index (κ3) is 5.45. The molecule has 0 bridgehead atoms. The van der Waals surface area contributed by atoms with E-state index >= 15 is 0 Å². The Labute approximate surface area is 203 Å². The number of esters is 1. The molecule has 0 spiro atoms. The number of carbonyl (C=O) groups excluding carboxylic acids is 2. The molecule has 3 rings (SSSR count). The van der Waals surface area contributed by atoms with Crippen LogP contribution < -0.4 is 11.1 Å². The molecule has 0 aromatic heterocycles. The first kappa shape index (κ1) is 27.0. The Hall–Kier alpha value is -3.61. The van der Waals surface area contributed by atoms with E-state index in [2.05, 4.69) is 10.1 Å². The zero-order chi connectivity index (χ0) is 27.2. The van der Waals surface area contributed by atoms with E-state index in [1.807, 2.05) is 0 Å². The fraction of sp³-hybridized carbons (Fsp3) is 0.0526. The highest BCUT2D eigenvalue weighted by atomic mass is 32.2. The molecule has 0 fully saturated rings. The average molecular weight is 561 g/mol. The van der Waals surface area contributed by atoms with E-state index in [-0.39, 0.29) is 16.8 Å². The van der Waals surface area contributed by atoms with Gasteiger partial charge in [-0.3, -0.25) is 18.5 Å². The second-order valence-electron chi connectivity index (χ2n) is 7.17. The van der Waals surface area contributed by atoms with Crippen molar-refractivity contribution in [3.05, 3.63) is 53.6 Å². The van der Waals surface area contributed by atoms with Crippen LogP contribution >= 0.6 is 0 Å². The Morgan fingerprint density at radius 2 is 1.39 bits per heavy atom. The number of carbonyl (C=O) groups is 2. The fourth-order valence-corrected chi connectivity index (χ4v) is 5.33. The zero-order valence-corrected chi connectivity index (χ0v) is 20.3. The highest BCUT2D eigenvalue weighted by Gasteiger charge is 2.27. The Morgan fingerprint density at radius 3 is 1.92 bits per heavy atom. The maximum atomic E-state index is 12.9. The maximum absolute atomic E-state index is 12.9. The number of hydrogen-bond acceptors (Lipinski definition) is 10. The van der Waals surface area contributed by atoms with E-state index in [1.54, 1.807) is 0 Å². The predicted octanol–water partition coefficient (Wildman–Crippen LogP) is 1.20. The van der Waals surface area contributed by atoms with E-state index < -0.39 is 73.4 Å². The predicted molar refractivity (Wildman–Crippen MR) is 124 cm³/mol. The molecular formula is C19H16N2O12S3. The second kappa shape index (κ2) is 9.12. The lowest BCUT2D eigenvalue weighted by atomic mass is 10.1. The summed E-state index contributed by atoms with van der Waals surface area (Å²) >= 11 is 0. The zero-order valence-electron chi connectivity index (χ0n) is 17.9. The van der Waals surface area contributed by atoms with Crippen LogP contribution in [0.1, 0.15) is 20.7 Å². The molecule has 0 aliphatic heterocycles. The molecule has 0 aliphatic rings. The molecule has 0 saturated heterocycles. The average Bonchev–Trinajstić information content (AvgIpc) is 2.75. The standard InChI is InChI=1S/C19H16N2O12S3/c1-33-19(23)10-4-9(5-11(20)6-10)18(22)21-14-2-3-15(35(27,28)29)13-7-12(34(24,25)26)8-16(17(13)14)36(30,31)32/h2-8H,20H2,1H3,(H,21,22)(H,24,25,26)(H,27,28,29)(H,30,31,32). The Morgan fingerprint density at radius 1 is 0.806 bits per heavy atom. The van der Waals surface area contributed by atoms with Gasteiger partial charge in [-0.05, 0) is 42.5 Å². The number of methoxy groups -OCH3 is 1. The summed E-state index contributed by atoms with van der Waals surface area (Å²) < 4.78 is 104. The maximum Gasteiger partial charge on any atom is 0.337 e. The summed E-state index contributed by atoms with van der Waals surface area (Å²) in [4.78, 5) is 21.4. The smallest absolute Gasteiger partial charge is 0.337 e. The van der Waals surface area contributed by atoms with Crippen molar-refractivity contribution in [3.8, 4) is 0 Å². The van der Waals surface area contributed by atoms with Crippen LogP contribution in [-0.4, -0.2) is 57.9 Å². The van der Waals surface area contributed by atoms with E-state index in [0.717, 1.165) is 25.3 Å². The highest BCUT2D eigenvalue weighted by Crippen LogP contribution is 2.37. The minimum atomic E-state index is -5.31.